The maximum absolute atomic E-state index is 9.10. The van der Waals surface area contributed by atoms with Gasteiger partial charge in [0.2, 0.25) is 0 Å². The van der Waals surface area contributed by atoms with Crippen molar-refractivity contribution in [3.8, 4) is 0 Å². The molecule has 0 atom stereocenters. The van der Waals surface area contributed by atoms with Crippen LogP contribution in [0.2, 0.25) is 0 Å². The van der Waals surface area contributed by atoms with Gasteiger partial charge in [0.05, 0.1) is 0 Å². The lowest BCUT2D eigenvalue weighted by Gasteiger charge is -2.37. The zero-order valence-corrected chi connectivity index (χ0v) is 9.77. The minimum Gasteiger partial charge on any atom is -0.396 e. The molecule has 0 heterocycles. The molecular weight excluding hydrogens is 160 g/mol. The predicted octanol–water partition coefficient (Wildman–Crippen LogP) is 3.61. The summed E-state index contributed by atoms with van der Waals surface area (Å²) >= 11 is 0. The van der Waals surface area contributed by atoms with Gasteiger partial charge in [0.25, 0.3) is 0 Å². The van der Waals surface area contributed by atoms with E-state index in [1.165, 1.54) is 25.7 Å². The highest BCUT2D eigenvalue weighted by Crippen LogP contribution is 2.40. The van der Waals surface area contributed by atoms with E-state index >= 15 is 0 Å². The van der Waals surface area contributed by atoms with E-state index in [2.05, 4.69) is 27.7 Å². The molecule has 0 unspecified atom stereocenters. The Labute approximate surface area is 83.5 Å². The van der Waals surface area contributed by atoms with Crippen molar-refractivity contribution in [3.63, 3.8) is 0 Å². The highest BCUT2D eigenvalue weighted by molar-refractivity contribution is 4.81. The van der Waals surface area contributed by atoms with E-state index in [1.54, 1.807) is 0 Å². The lowest BCUT2D eigenvalue weighted by molar-refractivity contribution is 0.0999. The molecule has 1 N–H and O–H groups in total. The second kappa shape index (κ2) is 6.42. The quantitative estimate of drug-likeness (QED) is 0.644. The summed E-state index contributed by atoms with van der Waals surface area (Å²) in [5, 5.41) is 9.10. The molecule has 80 valence electrons. The normalized spacial score (nSPS) is 12.5. The lowest BCUT2D eigenvalue weighted by atomic mass is 9.68. The van der Waals surface area contributed by atoms with Gasteiger partial charge in [-0.15, -0.1) is 0 Å². The van der Waals surface area contributed by atoms with Gasteiger partial charge in [-0.05, 0) is 30.6 Å². The molecule has 0 aliphatic rings. The van der Waals surface area contributed by atoms with E-state index in [0.717, 1.165) is 6.42 Å². The minimum absolute atomic E-state index is 0.345. The third kappa shape index (κ3) is 3.68. The van der Waals surface area contributed by atoms with Crippen LogP contribution in [0.3, 0.4) is 0 Å². The first-order chi connectivity index (χ1) is 6.13. The average molecular weight is 186 g/mol. The van der Waals surface area contributed by atoms with Crippen molar-refractivity contribution in [3.05, 3.63) is 0 Å². The SMILES string of the molecule is CCCC(CCC)(CCO)C(C)C. The molecule has 0 saturated heterocycles. The van der Waals surface area contributed by atoms with Crippen molar-refractivity contribution < 1.29 is 5.11 Å². The molecule has 0 fully saturated rings. The second-order valence-electron chi connectivity index (χ2n) is 4.49. The zero-order valence-electron chi connectivity index (χ0n) is 9.77. The highest BCUT2D eigenvalue weighted by Gasteiger charge is 2.30. The Bertz CT molecular complexity index is 101. The number of aliphatic hydroxyl groups excluding tert-OH is 1. The molecule has 1 nitrogen and oxygen atoms in total. The van der Waals surface area contributed by atoms with Gasteiger partial charge >= 0.3 is 0 Å². The minimum atomic E-state index is 0.345. The molecule has 0 aromatic carbocycles. The molecule has 0 spiro atoms. The van der Waals surface area contributed by atoms with Crippen molar-refractivity contribution in [1.82, 2.24) is 0 Å². The number of aliphatic hydroxyl groups is 1. The Morgan fingerprint density at radius 2 is 1.46 bits per heavy atom. The summed E-state index contributed by atoms with van der Waals surface area (Å²) < 4.78 is 0. The van der Waals surface area contributed by atoms with E-state index in [-0.39, 0.29) is 0 Å². The first-order valence-corrected chi connectivity index (χ1v) is 5.73. The molecule has 0 aromatic rings. The third-order valence-corrected chi connectivity index (χ3v) is 3.33. The van der Waals surface area contributed by atoms with Crippen LogP contribution < -0.4 is 0 Å². The van der Waals surface area contributed by atoms with Gasteiger partial charge in [-0.25, -0.2) is 0 Å². The summed E-state index contributed by atoms with van der Waals surface area (Å²) in [5.74, 6) is 0.694. The van der Waals surface area contributed by atoms with Gasteiger partial charge in [-0.3, -0.25) is 0 Å². The Morgan fingerprint density at radius 1 is 1.00 bits per heavy atom. The van der Waals surface area contributed by atoms with Gasteiger partial charge in [0, 0.05) is 6.61 Å². The fourth-order valence-corrected chi connectivity index (χ4v) is 2.46. The van der Waals surface area contributed by atoms with Crippen LogP contribution in [0.4, 0.5) is 0 Å². The lowest BCUT2D eigenvalue weighted by Crippen LogP contribution is -2.28. The number of hydrogen-bond donors (Lipinski definition) is 1. The summed E-state index contributed by atoms with van der Waals surface area (Å²) in [6.07, 6.45) is 5.97. The molecule has 0 aliphatic carbocycles. The van der Waals surface area contributed by atoms with Crippen molar-refractivity contribution in [2.24, 2.45) is 11.3 Å². The van der Waals surface area contributed by atoms with E-state index in [0.29, 0.717) is 17.9 Å². The molecule has 13 heavy (non-hydrogen) atoms. The third-order valence-electron chi connectivity index (χ3n) is 3.33. The Morgan fingerprint density at radius 3 is 1.69 bits per heavy atom. The fourth-order valence-electron chi connectivity index (χ4n) is 2.46. The van der Waals surface area contributed by atoms with Gasteiger partial charge in [0.15, 0.2) is 0 Å². The summed E-state index contributed by atoms with van der Waals surface area (Å²) in [5.41, 5.74) is 0.401. The Balaban J connectivity index is 4.38. The van der Waals surface area contributed by atoms with Crippen molar-refractivity contribution in [2.75, 3.05) is 6.61 Å². The second-order valence-corrected chi connectivity index (χ2v) is 4.49. The number of rotatable bonds is 7. The molecule has 0 amide bonds. The van der Waals surface area contributed by atoms with E-state index in [4.69, 9.17) is 5.11 Å². The smallest absolute Gasteiger partial charge is 0.0436 e. The van der Waals surface area contributed by atoms with Gasteiger partial charge in [-0.2, -0.15) is 0 Å². The van der Waals surface area contributed by atoms with Crippen LogP contribution in [0.25, 0.3) is 0 Å². The van der Waals surface area contributed by atoms with Crippen LogP contribution in [0, 0.1) is 11.3 Å². The van der Waals surface area contributed by atoms with Crippen LogP contribution in [0.1, 0.15) is 59.8 Å². The van der Waals surface area contributed by atoms with Gasteiger partial charge in [0.1, 0.15) is 0 Å². The largest absolute Gasteiger partial charge is 0.396 e. The maximum atomic E-state index is 9.10. The maximum Gasteiger partial charge on any atom is 0.0436 e. The van der Waals surface area contributed by atoms with Crippen LogP contribution in [-0.4, -0.2) is 11.7 Å². The van der Waals surface area contributed by atoms with Crippen molar-refractivity contribution in [1.29, 1.82) is 0 Å². The molecule has 0 aliphatic heterocycles. The van der Waals surface area contributed by atoms with E-state index in [1.807, 2.05) is 0 Å². The first-order valence-electron chi connectivity index (χ1n) is 5.73. The van der Waals surface area contributed by atoms with Crippen LogP contribution >= 0.6 is 0 Å². The van der Waals surface area contributed by atoms with Crippen LogP contribution in [0.15, 0.2) is 0 Å². The zero-order chi connectivity index (χ0) is 10.3. The number of hydrogen-bond acceptors (Lipinski definition) is 1. The molecule has 0 rings (SSSR count). The van der Waals surface area contributed by atoms with E-state index < -0.39 is 0 Å². The fraction of sp³-hybridized carbons (Fsp3) is 1.00. The molecule has 1 heteroatoms. The highest BCUT2D eigenvalue weighted by atomic mass is 16.3. The molecular formula is C12H26O. The molecule has 0 bridgehead atoms. The van der Waals surface area contributed by atoms with Gasteiger partial charge in [-0.1, -0.05) is 40.5 Å². The van der Waals surface area contributed by atoms with E-state index in [9.17, 15) is 0 Å². The molecule has 0 saturated carbocycles. The monoisotopic (exact) mass is 186 g/mol. The standard InChI is InChI=1S/C12H26O/c1-5-7-12(8-6-2,9-10-13)11(3)4/h11,13H,5-10H2,1-4H3. The summed E-state index contributed by atoms with van der Waals surface area (Å²) in [6, 6.07) is 0. The van der Waals surface area contributed by atoms with Gasteiger partial charge < -0.3 is 5.11 Å². The molecule has 0 radical (unpaired) electrons. The predicted molar refractivity (Wildman–Crippen MR) is 58.8 cm³/mol. The summed E-state index contributed by atoms with van der Waals surface area (Å²) in [7, 11) is 0. The summed E-state index contributed by atoms with van der Waals surface area (Å²) in [4.78, 5) is 0. The average Bonchev–Trinajstić information content (AvgIpc) is 2.05. The topological polar surface area (TPSA) is 20.2 Å². The molecule has 0 aromatic heterocycles. The Hall–Kier alpha value is -0.0400. The van der Waals surface area contributed by atoms with Crippen molar-refractivity contribution in [2.45, 2.75) is 59.8 Å². The van der Waals surface area contributed by atoms with Crippen molar-refractivity contribution >= 4 is 0 Å². The van der Waals surface area contributed by atoms with Crippen LogP contribution in [0.5, 0.6) is 0 Å². The first kappa shape index (κ1) is 13.0. The van der Waals surface area contributed by atoms with Crippen LogP contribution in [-0.2, 0) is 0 Å². The summed E-state index contributed by atoms with van der Waals surface area (Å²) in [6.45, 7) is 9.41. The Kier molecular flexibility index (Phi) is 6.40.